The monoisotopic (exact) mass is 374 g/mol. The minimum Gasteiger partial charge on any atom is -0.449 e. The van der Waals surface area contributed by atoms with Gasteiger partial charge in [0.25, 0.3) is 5.91 Å². The number of nitrogens with zero attached hydrogens (tertiary/aromatic N) is 2. The first-order valence-electron chi connectivity index (χ1n) is 9.47. The fourth-order valence-electron chi connectivity index (χ4n) is 3.54. The smallest absolute Gasteiger partial charge is 0.338 e. The van der Waals surface area contributed by atoms with E-state index in [2.05, 4.69) is 0 Å². The van der Waals surface area contributed by atoms with Crippen molar-refractivity contribution in [3.63, 3.8) is 0 Å². The fraction of sp³-hybridized carbons (Fsp3) is 0.217. The molecule has 5 nitrogen and oxygen atoms in total. The van der Waals surface area contributed by atoms with Crippen LogP contribution in [0.3, 0.4) is 0 Å². The summed E-state index contributed by atoms with van der Waals surface area (Å²) in [7, 11) is 0. The van der Waals surface area contributed by atoms with Crippen LogP contribution in [0.15, 0.2) is 73.1 Å². The van der Waals surface area contributed by atoms with E-state index in [0.29, 0.717) is 12.1 Å². The van der Waals surface area contributed by atoms with Gasteiger partial charge in [0.15, 0.2) is 6.10 Å². The van der Waals surface area contributed by atoms with E-state index in [1.54, 1.807) is 24.0 Å². The SMILES string of the molecule is C[C@@H](OC(=O)c1ccc(-n2cccc2)cc1)C(=O)N1CCCc2ccccc21. The van der Waals surface area contributed by atoms with Crippen LogP contribution in [-0.2, 0) is 16.0 Å². The molecule has 0 spiro atoms. The highest BCUT2D eigenvalue weighted by molar-refractivity contribution is 5.99. The molecule has 4 rings (SSSR count). The molecule has 1 aliphatic heterocycles. The number of para-hydroxylation sites is 1. The van der Waals surface area contributed by atoms with Crippen LogP contribution in [0.5, 0.6) is 0 Å². The van der Waals surface area contributed by atoms with Gasteiger partial charge in [0.2, 0.25) is 0 Å². The van der Waals surface area contributed by atoms with Crippen molar-refractivity contribution in [2.75, 3.05) is 11.4 Å². The molecule has 142 valence electrons. The zero-order chi connectivity index (χ0) is 19.5. The zero-order valence-electron chi connectivity index (χ0n) is 15.7. The van der Waals surface area contributed by atoms with Gasteiger partial charge in [-0.05, 0) is 67.8 Å². The molecule has 0 radical (unpaired) electrons. The third-order valence-corrected chi connectivity index (χ3v) is 5.01. The van der Waals surface area contributed by atoms with Gasteiger partial charge in [-0.3, -0.25) is 4.79 Å². The summed E-state index contributed by atoms with van der Waals surface area (Å²) in [6, 6.07) is 18.9. The lowest BCUT2D eigenvalue weighted by Crippen LogP contribution is -2.42. The molecule has 5 heteroatoms. The lowest BCUT2D eigenvalue weighted by Gasteiger charge is -2.31. The topological polar surface area (TPSA) is 51.5 Å². The standard InChI is InChI=1S/C23H22N2O3/c1-17(22(26)25-16-6-8-18-7-2-3-9-21(18)25)28-23(27)19-10-12-20(13-11-19)24-14-4-5-15-24/h2-5,7,9-15,17H,6,8,16H2,1H3/t17-/m1/s1. The molecule has 0 saturated carbocycles. The van der Waals surface area contributed by atoms with E-state index in [1.807, 2.05) is 65.5 Å². The Balaban J connectivity index is 1.44. The average molecular weight is 374 g/mol. The summed E-state index contributed by atoms with van der Waals surface area (Å²) in [5.41, 5.74) is 3.45. The van der Waals surface area contributed by atoms with Gasteiger partial charge in [-0.1, -0.05) is 18.2 Å². The summed E-state index contributed by atoms with van der Waals surface area (Å²) in [5, 5.41) is 0. The summed E-state index contributed by atoms with van der Waals surface area (Å²) in [6.07, 6.45) is 4.89. The molecule has 0 saturated heterocycles. The summed E-state index contributed by atoms with van der Waals surface area (Å²) in [5.74, 6) is -0.685. The molecule has 1 atom stereocenters. The highest BCUT2D eigenvalue weighted by Crippen LogP contribution is 2.27. The van der Waals surface area contributed by atoms with Gasteiger partial charge in [0.1, 0.15) is 0 Å². The number of carbonyl (C=O) groups excluding carboxylic acids is 2. The van der Waals surface area contributed by atoms with Crippen molar-refractivity contribution < 1.29 is 14.3 Å². The largest absolute Gasteiger partial charge is 0.449 e. The molecule has 1 amide bonds. The normalized spacial score (nSPS) is 14.2. The maximum Gasteiger partial charge on any atom is 0.338 e. The lowest BCUT2D eigenvalue weighted by molar-refractivity contribution is -0.126. The number of esters is 1. The van der Waals surface area contributed by atoms with Crippen LogP contribution >= 0.6 is 0 Å². The van der Waals surface area contributed by atoms with Crippen molar-refractivity contribution >= 4 is 17.6 Å². The van der Waals surface area contributed by atoms with E-state index >= 15 is 0 Å². The number of fused-ring (bicyclic) bond motifs is 1. The number of aromatic nitrogens is 1. The van der Waals surface area contributed by atoms with Crippen LogP contribution in [0.4, 0.5) is 5.69 Å². The quantitative estimate of drug-likeness (QED) is 0.649. The second kappa shape index (κ2) is 7.72. The molecular weight excluding hydrogens is 352 g/mol. The predicted octanol–water partition coefficient (Wildman–Crippen LogP) is 4.00. The van der Waals surface area contributed by atoms with Crippen LogP contribution in [-0.4, -0.2) is 29.1 Å². The molecule has 3 aromatic rings. The van der Waals surface area contributed by atoms with Gasteiger partial charge in [0, 0.05) is 30.3 Å². The van der Waals surface area contributed by atoms with E-state index in [0.717, 1.165) is 29.8 Å². The van der Waals surface area contributed by atoms with Gasteiger partial charge >= 0.3 is 5.97 Å². The van der Waals surface area contributed by atoms with Gasteiger partial charge in [-0.2, -0.15) is 0 Å². The van der Waals surface area contributed by atoms with Crippen molar-refractivity contribution in [1.82, 2.24) is 4.57 Å². The number of rotatable bonds is 4. The number of aryl methyl sites for hydroxylation is 1. The number of amides is 1. The van der Waals surface area contributed by atoms with Crippen molar-refractivity contribution in [3.05, 3.63) is 84.2 Å². The van der Waals surface area contributed by atoms with Gasteiger partial charge in [-0.15, -0.1) is 0 Å². The Morgan fingerprint density at radius 2 is 1.68 bits per heavy atom. The molecule has 0 N–H and O–H groups in total. The third kappa shape index (κ3) is 3.56. The second-order valence-electron chi connectivity index (χ2n) is 6.91. The highest BCUT2D eigenvalue weighted by Gasteiger charge is 2.28. The van der Waals surface area contributed by atoms with E-state index in [4.69, 9.17) is 4.74 Å². The molecule has 2 aromatic carbocycles. The van der Waals surface area contributed by atoms with Gasteiger partial charge in [-0.25, -0.2) is 4.79 Å². The Hall–Kier alpha value is -3.34. The van der Waals surface area contributed by atoms with Crippen molar-refractivity contribution in [2.45, 2.75) is 25.9 Å². The lowest BCUT2D eigenvalue weighted by atomic mass is 10.0. The Morgan fingerprint density at radius 3 is 2.43 bits per heavy atom. The first-order chi connectivity index (χ1) is 13.6. The Morgan fingerprint density at radius 1 is 0.964 bits per heavy atom. The maximum absolute atomic E-state index is 12.9. The Bertz CT molecular complexity index is 977. The molecule has 1 aromatic heterocycles. The summed E-state index contributed by atoms with van der Waals surface area (Å²) in [6.45, 7) is 2.27. The number of benzene rings is 2. The highest BCUT2D eigenvalue weighted by atomic mass is 16.5. The molecule has 0 aliphatic carbocycles. The predicted molar refractivity (Wildman–Crippen MR) is 108 cm³/mol. The van der Waals surface area contributed by atoms with E-state index in [-0.39, 0.29) is 5.91 Å². The van der Waals surface area contributed by atoms with E-state index in [9.17, 15) is 9.59 Å². The number of carbonyl (C=O) groups is 2. The summed E-state index contributed by atoms with van der Waals surface area (Å²) < 4.78 is 7.41. The van der Waals surface area contributed by atoms with Crippen LogP contribution in [0.25, 0.3) is 5.69 Å². The average Bonchev–Trinajstić information content (AvgIpc) is 3.28. The molecule has 0 bridgehead atoms. The van der Waals surface area contributed by atoms with Crippen LogP contribution in [0.2, 0.25) is 0 Å². The first-order valence-corrected chi connectivity index (χ1v) is 9.47. The van der Waals surface area contributed by atoms with Crippen LogP contribution in [0.1, 0.15) is 29.3 Å². The van der Waals surface area contributed by atoms with Crippen LogP contribution in [0, 0.1) is 0 Å². The maximum atomic E-state index is 12.9. The van der Waals surface area contributed by atoms with E-state index in [1.165, 1.54) is 0 Å². The van der Waals surface area contributed by atoms with E-state index < -0.39 is 12.1 Å². The first kappa shape index (κ1) is 18.0. The molecule has 0 fully saturated rings. The minimum atomic E-state index is -0.845. The fourth-order valence-corrected chi connectivity index (χ4v) is 3.54. The number of anilines is 1. The number of hydrogen-bond acceptors (Lipinski definition) is 3. The van der Waals surface area contributed by atoms with Crippen molar-refractivity contribution in [1.29, 1.82) is 0 Å². The number of hydrogen-bond donors (Lipinski definition) is 0. The molecule has 0 unspecified atom stereocenters. The summed E-state index contributed by atoms with van der Waals surface area (Å²) >= 11 is 0. The molecule has 2 heterocycles. The van der Waals surface area contributed by atoms with Gasteiger partial charge < -0.3 is 14.2 Å². The van der Waals surface area contributed by atoms with Crippen LogP contribution < -0.4 is 4.90 Å². The molecule has 28 heavy (non-hydrogen) atoms. The third-order valence-electron chi connectivity index (χ3n) is 5.01. The van der Waals surface area contributed by atoms with Crippen molar-refractivity contribution in [3.8, 4) is 5.69 Å². The van der Waals surface area contributed by atoms with Crippen molar-refractivity contribution in [2.24, 2.45) is 0 Å². The minimum absolute atomic E-state index is 0.190. The Labute approximate surface area is 164 Å². The number of ether oxygens (including phenoxy) is 1. The second-order valence-corrected chi connectivity index (χ2v) is 6.91. The molecular formula is C23H22N2O3. The Kier molecular flexibility index (Phi) is 4.98. The molecule has 1 aliphatic rings. The summed E-state index contributed by atoms with van der Waals surface area (Å²) in [4.78, 5) is 27.1. The van der Waals surface area contributed by atoms with Gasteiger partial charge in [0.05, 0.1) is 5.56 Å². The zero-order valence-corrected chi connectivity index (χ0v) is 15.7.